The highest BCUT2D eigenvalue weighted by Crippen LogP contribution is 2.14. The van der Waals surface area contributed by atoms with Crippen LogP contribution in [0, 0.1) is 0 Å². The molecule has 0 radical (unpaired) electrons. The van der Waals surface area contributed by atoms with E-state index in [1.54, 1.807) is 7.05 Å². The number of ether oxygens (including phenoxy) is 1. The smallest absolute Gasteiger partial charge is 0.236 e. The van der Waals surface area contributed by atoms with Gasteiger partial charge in [0.2, 0.25) is 5.91 Å². The van der Waals surface area contributed by atoms with Crippen LogP contribution in [0.25, 0.3) is 0 Å². The van der Waals surface area contributed by atoms with Gasteiger partial charge in [0.05, 0.1) is 12.6 Å². The van der Waals surface area contributed by atoms with Crippen molar-refractivity contribution in [1.82, 2.24) is 10.6 Å². The van der Waals surface area contributed by atoms with Crippen molar-refractivity contribution in [2.45, 2.75) is 39.2 Å². The fourth-order valence-electron chi connectivity index (χ4n) is 1.87. The number of carbonyl (C=O) groups excluding carboxylic acids is 1. The van der Waals surface area contributed by atoms with E-state index in [1.807, 2.05) is 19.1 Å². The molecule has 0 fully saturated rings. The van der Waals surface area contributed by atoms with E-state index in [-0.39, 0.29) is 11.9 Å². The highest BCUT2D eigenvalue weighted by atomic mass is 16.5. The molecule has 20 heavy (non-hydrogen) atoms. The van der Waals surface area contributed by atoms with E-state index in [0.717, 1.165) is 38.2 Å². The number of hydrogen-bond acceptors (Lipinski definition) is 3. The highest BCUT2D eigenvalue weighted by molar-refractivity contribution is 5.80. The van der Waals surface area contributed by atoms with Crippen LogP contribution in [-0.2, 0) is 11.2 Å². The van der Waals surface area contributed by atoms with Crippen LogP contribution in [0.15, 0.2) is 24.3 Å². The number of rotatable bonds is 9. The minimum atomic E-state index is -0.163. The molecule has 0 aliphatic rings. The van der Waals surface area contributed by atoms with Crippen LogP contribution in [0.5, 0.6) is 5.75 Å². The average molecular weight is 278 g/mol. The standard InChI is InChI=1S/C16H26N2O2/c1-4-5-11-20-15-8-6-7-14(12-15)9-10-18-13(2)16(19)17-3/h6-8,12-13,18H,4-5,9-11H2,1-3H3,(H,17,19)/t13-/m1/s1. The van der Waals surface area contributed by atoms with Gasteiger partial charge in [0.15, 0.2) is 0 Å². The van der Waals surface area contributed by atoms with Crippen molar-refractivity contribution in [2.75, 3.05) is 20.2 Å². The molecule has 2 N–H and O–H groups in total. The van der Waals surface area contributed by atoms with Crippen LogP contribution in [-0.4, -0.2) is 32.1 Å². The van der Waals surface area contributed by atoms with Crippen molar-refractivity contribution in [3.05, 3.63) is 29.8 Å². The molecule has 0 aromatic heterocycles. The predicted molar refractivity (Wildman–Crippen MR) is 82.1 cm³/mol. The quantitative estimate of drug-likeness (QED) is 0.680. The van der Waals surface area contributed by atoms with Gasteiger partial charge in [-0.15, -0.1) is 0 Å². The summed E-state index contributed by atoms with van der Waals surface area (Å²) < 4.78 is 5.69. The Labute approximate surface area is 121 Å². The van der Waals surface area contributed by atoms with Crippen LogP contribution < -0.4 is 15.4 Å². The van der Waals surface area contributed by atoms with Crippen LogP contribution in [0.1, 0.15) is 32.3 Å². The molecule has 0 heterocycles. The van der Waals surface area contributed by atoms with Crippen LogP contribution in [0.4, 0.5) is 0 Å². The Morgan fingerprint density at radius 3 is 2.90 bits per heavy atom. The molecule has 1 rings (SSSR count). The third-order valence-electron chi connectivity index (χ3n) is 3.17. The summed E-state index contributed by atoms with van der Waals surface area (Å²) in [7, 11) is 1.65. The van der Waals surface area contributed by atoms with Crippen molar-refractivity contribution in [3.63, 3.8) is 0 Å². The molecule has 1 amide bonds. The third-order valence-corrected chi connectivity index (χ3v) is 3.17. The monoisotopic (exact) mass is 278 g/mol. The normalized spacial score (nSPS) is 11.9. The lowest BCUT2D eigenvalue weighted by Crippen LogP contribution is -2.41. The zero-order chi connectivity index (χ0) is 14.8. The van der Waals surface area contributed by atoms with Crippen molar-refractivity contribution < 1.29 is 9.53 Å². The minimum absolute atomic E-state index is 0.0154. The lowest BCUT2D eigenvalue weighted by molar-refractivity contribution is -0.122. The summed E-state index contributed by atoms with van der Waals surface area (Å²) >= 11 is 0. The van der Waals surface area contributed by atoms with Gasteiger partial charge in [-0.2, -0.15) is 0 Å². The van der Waals surface area contributed by atoms with Crippen molar-refractivity contribution in [1.29, 1.82) is 0 Å². The molecule has 0 saturated heterocycles. The molecule has 0 unspecified atom stereocenters. The number of nitrogens with one attached hydrogen (secondary N) is 2. The fourth-order valence-corrected chi connectivity index (χ4v) is 1.87. The van der Waals surface area contributed by atoms with Gasteiger partial charge in [0.25, 0.3) is 0 Å². The molecular weight excluding hydrogens is 252 g/mol. The number of benzene rings is 1. The first kappa shape index (κ1) is 16.5. The first-order valence-electron chi connectivity index (χ1n) is 7.34. The minimum Gasteiger partial charge on any atom is -0.494 e. The summed E-state index contributed by atoms with van der Waals surface area (Å²) in [5, 5.41) is 5.83. The Kier molecular flexibility index (Phi) is 7.73. The SMILES string of the molecule is CCCCOc1cccc(CCN[C@H](C)C(=O)NC)c1. The predicted octanol–water partition coefficient (Wildman–Crippen LogP) is 2.13. The van der Waals surface area contributed by atoms with Gasteiger partial charge in [-0.1, -0.05) is 25.5 Å². The number of unbranched alkanes of at least 4 members (excludes halogenated alkanes) is 1. The zero-order valence-electron chi connectivity index (χ0n) is 12.7. The molecule has 0 spiro atoms. The van der Waals surface area contributed by atoms with Gasteiger partial charge < -0.3 is 15.4 Å². The van der Waals surface area contributed by atoms with E-state index in [1.165, 1.54) is 5.56 Å². The number of hydrogen-bond donors (Lipinski definition) is 2. The summed E-state index contributed by atoms with van der Waals surface area (Å²) in [6.07, 6.45) is 3.10. The van der Waals surface area contributed by atoms with Gasteiger partial charge >= 0.3 is 0 Å². The topological polar surface area (TPSA) is 50.4 Å². The molecule has 4 nitrogen and oxygen atoms in total. The Bertz CT molecular complexity index is 407. The second kappa shape index (κ2) is 9.37. The van der Waals surface area contributed by atoms with Crippen molar-refractivity contribution in [3.8, 4) is 5.75 Å². The van der Waals surface area contributed by atoms with Crippen molar-refractivity contribution in [2.24, 2.45) is 0 Å². The third kappa shape index (κ3) is 6.06. The zero-order valence-corrected chi connectivity index (χ0v) is 12.7. The maximum Gasteiger partial charge on any atom is 0.236 e. The van der Waals surface area contributed by atoms with E-state index < -0.39 is 0 Å². The summed E-state index contributed by atoms with van der Waals surface area (Å²) in [6, 6.07) is 7.99. The van der Waals surface area contributed by atoms with E-state index in [9.17, 15) is 4.79 Å². The lowest BCUT2D eigenvalue weighted by Gasteiger charge is -2.12. The molecule has 112 valence electrons. The Morgan fingerprint density at radius 1 is 1.40 bits per heavy atom. The molecule has 0 aliphatic carbocycles. The number of likely N-dealkylation sites (N-methyl/N-ethyl adjacent to an activating group) is 1. The Hall–Kier alpha value is -1.55. The molecule has 1 aromatic carbocycles. The average Bonchev–Trinajstić information content (AvgIpc) is 2.47. The fraction of sp³-hybridized carbons (Fsp3) is 0.562. The second-order valence-electron chi connectivity index (χ2n) is 4.89. The first-order valence-corrected chi connectivity index (χ1v) is 7.34. The van der Waals surface area contributed by atoms with Crippen LogP contribution >= 0.6 is 0 Å². The largest absolute Gasteiger partial charge is 0.494 e. The van der Waals surface area contributed by atoms with Crippen molar-refractivity contribution >= 4 is 5.91 Å². The molecule has 0 saturated carbocycles. The maximum atomic E-state index is 11.4. The molecular formula is C16H26N2O2. The van der Waals surface area contributed by atoms with E-state index in [4.69, 9.17) is 4.74 Å². The summed E-state index contributed by atoms with van der Waals surface area (Å²) in [6.45, 7) is 5.56. The van der Waals surface area contributed by atoms with Crippen LogP contribution in [0.2, 0.25) is 0 Å². The number of carbonyl (C=O) groups is 1. The summed E-state index contributed by atoms with van der Waals surface area (Å²) in [5.41, 5.74) is 1.22. The van der Waals surface area contributed by atoms with Gasteiger partial charge in [0.1, 0.15) is 5.75 Å². The van der Waals surface area contributed by atoms with Crippen LogP contribution in [0.3, 0.4) is 0 Å². The summed E-state index contributed by atoms with van der Waals surface area (Å²) in [5.74, 6) is 0.942. The molecule has 1 aromatic rings. The van der Waals surface area contributed by atoms with E-state index in [2.05, 4.69) is 29.7 Å². The van der Waals surface area contributed by atoms with Gasteiger partial charge in [-0.05, 0) is 44.0 Å². The Morgan fingerprint density at radius 2 is 2.20 bits per heavy atom. The lowest BCUT2D eigenvalue weighted by atomic mass is 10.1. The maximum absolute atomic E-state index is 11.4. The highest BCUT2D eigenvalue weighted by Gasteiger charge is 2.08. The van der Waals surface area contributed by atoms with Gasteiger partial charge in [-0.25, -0.2) is 0 Å². The molecule has 0 aliphatic heterocycles. The second-order valence-corrected chi connectivity index (χ2v) is 4.89. The van der Waals surface area contributed by atoms with Gasteiger partial charge in [-0.3, -0.25) is 4.79 Å². The molecule has 0 bridgehead atoms. The molecule has 1 atom stereocenters. The summed E-state index contributed by atoms with van der Waals surface area (Å²) in [4.78, 5) is 11.4. The van der Waals surface area contributed by atoms with E-state index in [0.29, 0.717) is 0 Å². The first-order chi connectivity index (χ1) is 9.67. The Balaban J connectivity index is 2.36. The molecule has 4 heteroatoms. The van der Waals surface area contributed by atoms with E-state index >= 15 is 0 Å². The van der Waals surface area contributed by atoms with Gasteiger partial charge in [0, 0.05) is 7.05 Å². The number of amides is 1.